The van der Waals surface area contributed by atoms with Gasteiger partial charge in [0.2, 0.25) is 0 Å². The molecule has 0 N–H and O–H groups in total. The van der Waals surface area contributed by atoms with Crippen LogP contribution in [0.2, 0.25) is 0 Å². The molecule has 2 aromatic heterocycles. The Labute approximate surface area is 260 Å². The standard InChI is InChI=1S/C42H26N2O/c1-3-12-27(13-4-1)37-26-38(44-42(43-37)28-14-5-2-6-15-28)34-20-11-21-40-41(34)36-25-30(22-23-39(36)45-40)35-24-29-16-7-8-17-31(29)32-18-9-10-19-33(32)35/h1-26H. The summed E-state index contributed by atoms with van der Waals surface area (Å²) >= 11 is 0. The molecule has 0 bridgehead atoms. The Balaban J connectivity index is 1.30. The van der Waals surface area contributed by atoms with Gasteiger partial charge < -0.3 is 4.42 Å². The van der Waals surface area contributed by atoms with E-state index in [0.717, 1.165) is 55.6 Å². The molecule has 3 nitrogen and oxygen atoms in total. The molecule has 0 saturated heterocycles. The second kappa shape index (κ2) is 10.3. The summed E-state index contributed by atoms with van der Waals surface area (Å²) in [7, 11) is 0. The zero-order chi connectivity index (χ0) is 29.7. The van der Waals surface area contributed by atoms with Gasteiger partial charge in [-0.2, -0.15) is 0 Å². The largest absolute Gasteiger partial charge is 0.456 e. The van der Waals surface area contributed by atoms with E-state index in [0.29, 0.717) is 5.82 Å². The third kappa shape index (κ3) is 4.29. The van der Waals surface area contributed by atoms with Crippen LogP contribution in [0.1, 0.15) is 0 Å². The van der Waals surface area contributed by atoms with Crippen molar-refractivity contribution in [3.8, 4) is 45.0 Å². The Kier molecular flexibility index (Phi) is 5.82. The van der Waals surface area contributed by atoms with Gasteiger partial charge in [-0.05, 0) is 63.0 Å². The zero-order valence-corrected chi connectivity index (χ0v) is 24.3. The van der Waals surface area contributed by atoms with Crippen molar-refractivity contribution in [1.82, 2.24) is 9.97 Å². The molecule has 0 radical (unpaired) electrons. The Hall–Kier alpha value is -6.06. The molecule has 0 spiro atoms. The number of benzene rings is 7. The highest BCUT2D eigenvalue weighted by Crippen LogP contribution is 2.41. The molecule has 0 saturated carbocycles. The van der Waals surface area contributed by atoms with Gasteiger partial charge in [-0.3, -0.25) is 0 Å². The maximum absolute atomic E-state index is 6.45. The fourth-order valence-electron chi connectivity index (χ4n) is 6.56. The van der Waals surface area contributed by atoms with E-state index in [-0.39, 0.29) is 0 Å². The minimum Gasteiger partial charge on any atom is -0.456 e. The number of nitrogens with zero attached hydrogens (tertiary/aromatic N) is 2. The first-order valence-corrected chi connectivity index (χ1v) is 15.2. The van der Waals surface area contributed by atoms with Crippen molar-refractivity contribution >= 4 is 43.5 Å². The molecule has 0 unspecified atom stereocenters. The number of hydrogen-bond acceptors (Lipinski definition) is 3. The summed E-state index contributed by atoms with van der Waals surface area (Å²) in [5, 5.41) is 7.10. The van der Waals surface area contributed by atoms with E-state index in [9.17, 15) is 0 Å². The van der Waals surface area contributed by atoms with Crippen molar-refractivity contribution in [2.24, 2.45) is 0 Å². The molecule has 9 aromatic rings. The normalized spacial score (nSPS) is 11.6. The number of fused-ring (bicyclic) bond motifs is 6. The second-order valence-corrected chi connectivity index (χ2v) is 11.4. The van der Waals surface area contributed by atoms with Gasteiger partial charge in [0.15, 0.2) is 5.82 Å². The molecule has 210 valence electrons. The molecular formula is C42H26N2O. The van der Waals surface area contributed by atoms with E-state index < -0.39 is 0 Å². The maximum Gasteiger partial charge on any atom is 0.160 e. The first-order valence-electron chi connectivity index (χ1n) is 15.2. The highest BCUT2D eigenvalue weighted by atomic mass is 16.3. The SMILES string of the molecule is c1ccc(-c2cc(-c3cccc4oc5ccc(-c6cc7ccccc7c7ccccc67)cc5c34)nc(-c3ccccc3)n2)cc1. The first kappa shape index (κ1) is 25.4. The number of furan rings is 1. The highest BCUT2D eigenvalue weighted by Gasteiger charge is 2.18. The molecule has 0 aliphatic heterocycles. The van der Waals surface area contributed by atoms with Crippen LogP contribution in [0, 0.1) is 0 Å². The molecule has 0 aliphatic rings. The predicted molar refractivity (Wildman–Crippen MR) is 186 cm³/mol. The summed E-state index contributed by atoms with van der Waals surface area (Å²) in [6, 6.07) is 54.9. The highest BCUT2D eigenvalue weighted by molar-refractivity contribution is 6.16. The maximum atomic E-state index is 6.45. The number of rotatable bonds is 4. The van der Waals surface area contributed by atoms with Gasteiger partial charge in [0.05, 0.1) is 11.4 Å². The van der Waals surface area contributed by atoms with Crippen LogP contribution in [0.5, 0.6) is 0 Å². The summed E-state index contributed by atoms with van der Waals surface area (Å²) in [4.78, 5) is 10.1. The topological polar surface area (TPSA) is 38.9 Å². The summed E-state index contributed by atoms with van der Waals surface area (Å²) < 4.78 is 6.45. The van der Waals surface area contributed by atoms with E-state index in [1.54, 1.807) is 0 Å². The van der Waals surface area contributed by atoms with Gasteiger partial charge in [0.1, 0.15) is 11.2 Å². The Morgan fingerprint density at radius 2 is 1.07 bits per heavy atom. The molecule has 0 amide bonds. The first-order chi connectivity index (χ1) is 22.3. The van der Waals surface area contributed by atoms with Crippen LogP contribution in [-0.4, -0.2) is 9.97 Å². The van der Waals surface area contributed by atoms with Crippen LogP contribution in [0.25, 0.3) is 88.5 Å². The van der Waals surface area contributed by atoms with Crippen LogP contribution >= 0.6 is 0 Å². The van der Waals surface area contributed by atoms with E-state index >= 15 is 0 Å². The third-order valence-corrected chi connectivity index (χ3v) is 8.68. The van der Waals surface area contributed by atoms with Crippen molar-refractivity contribution in [3.05, 3.63) is 158 Å². The van der Waals surface area contributed by atoms with E-state index in [1.165, 1.54) is 27.1 Å². The molecule has 7 aromatic carbocycles. The van der Waals surface area contributed by atoms with Gasteiger partial charge in [0, 0.05) is 27.5 Å². The van der Waals surface area contributed by atoms with Crippen molar-refractivity contribution in [1.29, 1.82) is 0 Å². The lowest BCUT2D eigenvalue weighted by atomic mass is 9.92. The lowest BCUT2D eigenvalue weighted by Crippen LogP contribution is -1.96. The van der Waals surface area contributed by atoms with Crippen molar-refractivity contribution in [2.75, 3.05) is 0 Å². The van der Waals surface area contributed by atoms with Gasteiger partial charge in [-0.1, -0.05) is 127 Å². The molecule has 0 aliphatic carbocycles. The minimum atomic E-state index is 0.695. The quantitative estimate of drug-likeness (QED) is 0.196. The summed E-state index contributed by atoms with van der Waals surface area (Å²) in [6.45, 7) is 0. The van der Waals surface area contributed by atoms with Crippen molar-refractivity contribution in [3.63, 3.8) is 0 Å². The summed E-state index contributed by atoms with van der Waals surface area (Å²) in [5.74, 6) is 0.695. The average molecular weight is 575 g/mol. The number of aromatic nitrogens is 2. The van der Waals surface area contributed by atoms with E-state index in [4.69, 9.17) is 14.4 Å². The molecule has 2 heterocycles. The van der Waals surface area contributed by atoms with Crippen LogP contribution in [0.15, 0.2) is 162 Å². The van der Waals surface area contributed by atoms with Crippen LogP contribution in [-0.2, 0) is 0 Å². The van der Waals surface area contributed by atoms with Crippen LogP contribution in [0.3, 0.4) is 0 Å². The summed E-state index contributed by atoms with van der Waals surface area (Å²) in [5.41, 5.74) is 8.83. The van der Waals surface area contributed by atoms with Crippen molar-refractivity contribution in [2.45, 2.75) is 0 Å². The predicted octanol–water partition coefficient (Wildman–Crippen LogP) is 11.4. The molecule has 3 heteroatoms. The van der Waals surface area contributed by atoms with Gasteiger partial charge in [-0.15, -0.1) is 0 Å². The average Bonchev–Trinajstić information content (AvgIpc) is 3.50. The molecule has 9 rings (SSSR count). The van der Waals surface area contributed by atoms with E-state index in [1.807, 2.05) is 48.5 Å². The lowest BCUT2D eigenvalue weighted by Gasteiger charge is -2.12. The Bertz CT molecular complexity index is 2470. The molecule has 0 fully saturated rings. The second-order valence-electron chi connectivity index (χ2n) is 11.4. The fraction of sp³-hybridized carbons (Fsp3) is 0. The van der Waals surface area contributed by atoms with Gasteiger partial charge in [0.25, 0.3) is 0 Å². The zero-order valence-electron chi connectivity index (χ0n) is 24.3. The lowest BCUT2D eigenvalue weighted by molar-refractivity contribution is 0.669. The van der Waals surface area contributed by atoms with Crippen LogP contribution in [0.4, 0.5) is 0 Å². The van der Waals surface area contributed by atoms with Gasteiger partial charge >= 0.3 is 0 Å². The smallest absolute Gasteiger partial charge is 0.160 e. The van der Waals surface area contributed by atoms with Crippen LogP contribution < -0.4 is 0 Å². The molecular weight excluding hydrogens is 548 g/mol. The summed E-state index contributed by atoms with van der Waals surface area (Å²) in [6.07, 6.45) is 0. The van der Waals surface area contributed by atoms with Gasteiger partial charge in [-0.25, -0.2) is 9.97 Å². The van der Waals surface area contributed by atoms with Crippen molar-refractivity contribution < 1.29 is 4.42 Å². The molecule has 45 heavy (non-hydrogen) atoms. The monoisotopic (exact) mass is 574 g/mol. The van der Waals surface area contributed by atoms with E-state index in [2.05, 4.69) is 109 Å². The third-order valence-electron chi connectivity index (χ3n) is 8.68. The Morgan fingerprint density at radius 1 is 0.378 bits per heavy atom. The Morgan fingerprint density at radius 3 is 1.89 bits per heavy atom. The molecule has 0 atom stereocenters. The minimum absolute atomic E-state index is 0.695. The fourth-order valence-corrected chi connectivity index (χ4v) is 6.56. The number of hydrogen-bond donors (Lipinski definition) is 0.